The standard InChI is InChI=1S/C25H30F3N5O4S/c26-20-5-1-4-18-22-19(14-38(35,36)23(18)20)21(24(34)32-9-11-37-12-10-32)29-33(22)17-3-2-6-30(13-17)7-8-31-15-25(27,28)16-31/h1,4-5,17H,2-3,6-16H2. The van der Waals surface area contributed by atoms with E-state index in [9.17, 15) is 26.4 Å². The summed E-state index contributed by atoms with van der Waals surface area (Å²) in [7, 11) is -4.03. The lowest BCUT2D eigenvalue weighted by Gasteiger charge is -2.41. The van der Waals surface area contributed by atoms with Gasteiger partial charge in [-0.1, -0.05) is 12.1 Å². The number of piperidine rings is 1. The van der Waals surface area contributed by atoms with E-state index in [1.54, 1.807) is 20.5 Å². The average molecular weight is 554 g/mol. The minimum Gasteiger partial charge on any atom is -0.378 e. The number of hydrogen-bond donors (Lipinski definition) is 0. The number of rotatable bonds is 5. The van der Waals surface area contributed by atoms with Crippen molar-refractivity contribution >= 4 is 15.7 Å². The Morgan fingerprint density at radius 2 is 1.84 bits per heavy atom. The van der Waals surface area contributed by atoms with Crippen LogP contribution in [0.2, 0.25) is 0 Å². The number of fused-ring (bicyclic) bond motifs is 3. The van der Waals surface area contributed by atoms with E-state index < -0.39 is 27.3 Å². The molecule has 0 spiro atoms. The number of sulfone groups is 1. The van der Waals surface area contributed by atoms with Gasteiger partial charge in [-0.15, -0.1) is 0 Å². The number of alkyl halides is 2. The van der Waals surface area contributed by atoms with Crippen molar-refractivity contribution in [3.63, 3.8) is 0 Å². The first kappa shape index (κ1) is 25.8. The molecule has 1 aromatic heterocycles. The Bertz CT molecular complexity index is 1350. The number of aromatic nitrogens is 2. The molecule has 0 bridgehead atoms. The number of halogens is 3. The molecule has 1 unspecified atom stereocenters. The van der Waals surface area contributed by atoms with Crippen LogP contribution in [0.5, 0.6) is 0 Å². The molecule has 0 aliphatic carbocycles. The third kappa shape index (κ3) is 4.63. The fourth-order valence-electron chi connectivity index (χ4n) is 6.00. The molecule has 3 saturated heterocycles. The number of carbonyl (C=O) groups is 1. The third-order valence-electron chi connectivity index (χ3n) is 7.85. The summed E-state index contributed by atoms with van der Waals surface area (Å²) >= 11 is 0. The second kappa shape index (κ2) is 9.61. The van der Waals surface area contributed by atoms with E-state index >= 15 is 0 Å². The fourth-order valence-corrected chi connectivity index (χ4v) is 7.66. The first-order valence-electron chi connectivity index (χ1n) is 13.0. The molecule has 2 aromatic rings. The van der Waals surface area contributed by atoms with E-state index in [2.05, 4.69) is 4.90 Å². The van der Waals surface area contributed by atoms with Gasteiger partial charge in [-0.3, -0.25) is 19.3 Å². The summed E-state index contributed by atoms with van der Waals surface area (Å²) in [5.41, 5.74) is 1.08. The van der Waals surface area contributed by atoms with E-state index in [4.69, 9.17) is 9.84 Å². The Kier molecular flexibility index (Phi) is 6.52. The second-order valence-electron chi connectivity index (χ2n) is 10.6. The lowest BCUT2D eigenvalue weighted by Crippen LogP contribution is -2.57. The van der Waals surface area contributed by atoms with Gasteiger partial charge in [0.1, 0.15) is 10.7 Å². The lowest BCUT2D eigenvalue weighted by atomic mass is 10.0. The summed E-state index contributed by atoms with van der Waals surface area (Å²) in [4.78, 5) is 18.7. The van der Waals surface area contributed by atoms with Gasteiger partial charge in [-0.25, -0.2) is 21.6 Å². The van der Waals surface area contributed by atoms with Gasteiger partial charge in [0.05, 0.1) is 43.8 Å². The van der Waals surface area contributed by atoms with E-state index in [0.717, 1.165) is 25.5 Å². The van der Waals surface area contributed by atoms with Crippen molar-refractivity contribution < 1.29 is 31.1 Å². The molecule has 1 aromatic carbocycles. The number of nitrogens with zero attached hydrogens (tertiary/aromatic N) is 5. The average Bonchev–Trinajstić information content (AvgIpc) is 3.25. The zero-order chi connectivity index (χ0) is 26.7. The maximum Gasteiger partial charge on any atom is 0.274 e. The lowest BCUT2D eigenvalue weighted by molar-refractivity contribution is -0.131. The monoisotopic (exact) mass is 553 g/mol. The molecule has 4 aliphatic rings. The van der Waals surface area contributed by atoms with Gasteiger partial charge < -0.3 is 9.64 Å². The van der Waals surface area contributed by atoms with Gasteiger partial charge in [0.25, 0.3) is 11.8 Å². The highest BCUT2D eigenvalue weighted by atomic mass is 32.2. The molecular weight excluding hydrogens is 523 g/mol. The molecule has 13 heteroatoms. The normalized spacial score (nSPS) is 24.9. The van der Waals surface area contributed by atoms with Crippen LogP contribution in [-0.4, -0.2) is 110 Å². The molecule has 38 heavy (non-hydrogen) atoms. The summed E-state index contributed by atoms with van der Waals surface area (Å²) in [6.45, 7) is 3.63. The number of amides is 1. The van der Waals surface area contributed by atoms with Gasteiger partial charge in [-0.2, -0.15) is 5.10 Å². The number of hydrogen-bond acceptors (Lipinski definition) is 7. The van der Waals surface area contributed by atoms with Crippen LogP contribution in [0.15, 0.2) is 23.1 Å². The minimum atomic E-state index is -4.03. The van der Waals surface area contributed by atoms with Crippen molar-refractivity contribution in [1.82, 2.24) is 24.5 Å². The van der Waals surface area contributed by atoms with Crippen molar-refractivity contribution in [3.05, 3.63) is 35.3 Å². The Hall–Kier alpha value is -2.48. The van der Waals surface area contributed by atoms with Gasteiger partial charge in [0.2, 0.25) is 0 Å². The smallest absolute Gasteiger partial charge is 0.274 e. The van der Waals surface area contributed by atoms with Crippen molar-refractivity contribution in [3.8, 4) is 11.3 Å². The second-order valence-corrected chi connectivity index (χ2v) is 12.5. The van der Waals surface area contributed by atoms with Crippen LogP contribution in [0.3, 0.4) is 0 Å². The first-order chi connectivity index (χ1) is 18.1. The number of benzene rings is 1. The minimum absolute atomic E-state index is 0.0836. The van der Waals surface area contributed by atoms with Gasteiger partial charge in [0, 0.05) is 43.9 Å². The Morgan fingerprint density at radius 3 is 2.58 bits per heavy atom. The summed E-state index contributed by atoms with van der Waals surface area (Å²) in [5, 5.41) is 4.72. The number of ether oxygens (including phenoxy) is 1. The number of carbonyl (C=O) groups excluding carboxylic acids is 1. The van der Waals surface area contributed by atoms with Crippen molar-refractivity contribution in [1.29, 1.82) is 0 Å². The van der Waals surface area contributed by atoms with Crippen LogP contribution in [0.1, 0.15) is 34.9 Å². The number of morpholine rings is 1. The van der Waals surface area contributed by atoms with Crippen LogP contribution in [0.25, 0.3) is 11.3 Å². The van der Waals surface area contributed by atoms with Crippen LogP contribution < -0.4 is 0 Å². The maximum atomic E-state index is 14.9. The van der Waals surface area contributed by atoms with E-state index in [1.165, 1.54) is 6.07 Å². The van der Waals surface area contributed by atoms with Crippen LogP contribution in [0, 0.1) is 5.82 Å². The zero-order valence-corrected chi connectivity index (χ0v) is 21.7. The molecule has 1 atom stereocenters. The fraction of sp³-hybridized carbons (Fsp3) is 0.600. The summed E-state index contributed by atoms with van der Waals surface area (Å²) in [6, 6.07) is 3.98. The quantitative estimate of drug-likeness (QED) is 0.560. The van der Waals surface area contributed by atoms with Crippen molar-refractivity contribution in [2.24, 2.45) is 0 Å². The van der Waals surface area contributed by atoms with Gasteiger partial charge in [0.15, 0.2) is 15.5 Å². The van der Waals surface area contributed by atoms with Crippen molar-refractivity contribution in [2.75, 3.05) is 65.6 Å². The molecule has 0 saturated carbocycles. The highest BCUT2D eigenvalue weighted by molar-refractivity contribution is 7.91. The third-order valence-corrected chi connectivity index (χ3v) is 9.55. The Morgan fingerprint density at radius 1 is 1.11 bits per heavy atom. The summed E-state index contributed by atoms with van der Waals surface area (Å²) in [6.07, 6.45) is 1.57. The SMILES string of the molecule is O=C(c1nn(C2CCCN(CCN3CC(F)(F)C3)C2)c2c1CS(=O)(=O)c1c(F)cccc1-2)N1CCOCC1. The first-order valence-corrected chi connectivity index (χ1v) is 14.6. The number of likely N-dealkylation sites (tertiary alicyclic amines) is 2. The Balaban J connectivity index is 1.35. The molecule has 9 nitrogen and oxygen atoms in total. The molecular formula is C25H30F3N5O4S. The maximum absolute atomic E-state index is 14.9. The predicted octanol–water partition coefficient (Wildman–Crippen LogP) is 2.04. The molecule has 6 rings (SSSR count). The molecule has 206 valence electrons. The van der Waals surface area contributed by atoms with Gasteiger partial charge >= 0.3 is 0 Å². The van der Waals surface area contributed by atoms with Crippen molar-refractivity contribution in [2.45, 2.75) is 35.5 Å². The topological polar surface area (TPSA) is 88.0 Å². The van der Waals surface area contributed by atoms with Crippen LogP contribution >= 0.6 is 0 Å². The zero-order valence-electron chi connectivity index (χ0n) is 20.9. The molecule has 0 N–H and O–H groups in total. The summed E-state index contributed by atoms with van der Waals surface area (Å²) < 4.78 is 74.8. The van der Waals surface area contributed by atoms with Crippen LogP contribution in [-0.2, 0) is 20.3 Å². The van der Waals surface area contributed by atoms with Crippen LogP contribution in [0.4, 0.5) is 13.2 Å². The van der Waals surface area contributed by atoms with E-state index in [1.807, 2.05) is 0 Å². The highest BCUT2D eigenvalue weighted by Crippen LogP contribution is 2.43. The highest BCUT2D eigenvalue weighted by Gasteiger charge is 2.44. The van der Waals surface area contributed by atoms with E-state index in [-0.39, 0.29) is 41.2 Å². The largest absolute Gasteiger partial charge is 0.378 e. The molecule has 4 aliphatic heterocycles. The predicted molar refractivity (Wildman–Crippen MR) is 131 cm³/mol. The molecule has 0 radical (unpaired) electrons. The van der Waals surface area contributed by atoms with E-state index in [0.29, 0.717) is 57.2 Å². The Labute approximate surface area is 219 Å². The molecule has 1 amide bonds. The molecule has 5 heterocycles. The summed E-state index contributed by atoms with van der Waals surface area (Å²) in [5.74, 6) is -4.28. The molecule has 3 fully saturated rings. The van der Waals surface area contributed by atoms with Gasteiger partial charge in [-0.05, 0) is 25.5 Å².